The largest absolute Gasteiger partial charge is 0.313 e. The lowest BCUT2D eigenvalue weighted by molar-refractivity contribution is 0.672. The number of aromatic amines is 1. The van der Waals surface area contributed by atoms with Gasteiger partial charge < -0.3 is 10.3 Å². The van der Waals surface area contributed by atoms with Crippen LogP contribution in [0.5, 0.6) is 0 Å². The van der Waals surface area contributed by atoms with Gasteiger partial charge in [-0.15, -0.1) is 0 Å². The van der Waals surface area contributed by atoms with Crippen LogP contribution in [0.4, 0.5) is 0 Å². The summed E-state index contributed by atoms with van der Waals surface area (Å²) in [6.45, 7) is 5.71. The normalized spacial score (nSPS) is 10.9. The Morgan fingerprint density at radius 3 is 3.00 bits per heavy atom. The second-order valence-electron chi connectivity index (χ2n) is 4.11. The molecule has 0 atom stereocenters. The van der Waals surface area contributed by atoms with Crippen LogP contribution in [0.2, 0.25) is 0 Å². The molecule has 0 radical (unpaired) electrons. The second-order valence-corrected chi connectivity index (χ2v) is 5.09. The van der Waals surface area contributed by atoms with Crippen LogP contribution in [-0.4, -0.2) is 26.3 Å². The third-order valence-corrected chi connectivity index (χ3v) is 3.79. The van der Waals surface area contributed by atoms with E-state index < -0.39 is 0 Å². The van der Waals surface area contributed by atoms with Crippen molar-refractivity contribution in [3.63, 3.8) is 0 Å². The third-order valence-electron chi connectivity index (χ3n) is 2.68. The minimum absolute atomic E-state index is 0.148. The highest BCUT2D eigenvalue weighted by Gasteiger charge is 2.14. The van der Waals surface area contributed by atoms with E-state index in [0.29, 0.717) is 5.16 Å². The molecule has 0 saturated heterocycles. The lowest BCUT2D eigenvalue weighted by atomic mass is 10.2. The van der Waals surface area contributed by atoms with Crippen LogP contribution >= 0.6 is 11.8 Å². The van der Waals surface area contributed by atoms with Gasteiger partial charge in [0.25, 0.3) is 5.56 Å². The van der Waals surface area contributed by atoms with E-state index in [9.17, 15) is 4.79 Å². The maximum Gasteiger partial charge on any atom is 0.251 e. The summed E-state index contributed by atoms with van der Waals surface area (Å²) in [6.07, 6.45) is 1.51. The average molecular weight is 279 g/mol. The molecule has 0 aliphatic heterocycles. The van der Waals surface area contributed by atoms with E-state index >= 15 is 0 Å². The molecule has 19 heavy (non-hydrogen) atoms. The molecule has 0 unspecified atom stereocenters. The van der Waals surface area contributed by atoms with Gasteiger partial charge in [-0.05, 0) is 25.2 Å². The molecule has 0 saturated carbocycles. The molecule has 2 rings (SSSR count). The molecule has 2 aromatic rings. The summed E-state index contributed by atoms with van der Waals surface area (Å²) in [4.78, 5) is 18.1. The van der Waals surface area contributed by atoms with Crippen molar-refractivity contribution < 1.29 is 0 Å². The van der Waals surface area contributed by atoms with E-state index in [1.165, 1.54) is 24.0 Å². The topological polar surface area (TPSA) is 75.6 Å². The fraction of sp³-hybridized carbons (Fsp3) is 0.417. The minimum Gasteiger partial charge on any atom is -0.313 e. The van der Waals surface area contributed by atoms with E-state index in [1.54, 1.807) is 0 Å². The van der Waals surface area contributed by atoms with Gasteiger partial charge in [-0.25, -0.2) is 4.98 Å². The smallest absolute Gasteiger partial charge is 0.251 e. The van der Waals surface area contributed by atoms with E-state index in [2.05, 4.69) is 27.3 Å². The van der Waals surface area contributed by atoms with Gasteiger partial charge in [0, 0.05) is 31.4 Å². The lowest BCUT2D eigenvalue weighted by Crippen LogP contribution is -2.13. The van der Waals surface area contributed by atoms with Gasteiger partial charge in [-0.3, -0.25) is 9.48 Å². The summed E-state index contributed by atoms with van der Waals surface area (Å²) in [5, 5.41) is 9.29. The Kier molecular flexibility index (Phi) is 4.39. The maximum absolute atomic E-state index is 11.3. The summed E-state index contributed by atoms with van der Waals surface area (Å²) in [5.41, 5.74) is 1.98. The predicted octanol–water partition coefficient (Wildman–Crippen LogP) is 1.07. The molecule has 2 aromatic heterocycles. The monoisotopic (exact) mass is 279 g/mol. The molecule has 0 aliphatic rings. The van der Waals surface area contributed by atoms with Crippen molar-refractivity contribution in [3.8, 4) is 0 Å². The van der Waals surface area contributed by atoms with Crippen molar-refractivity contribution >= 4 is 11.8 Å². The summed E-state index contributed by atoms with van der Waals surface area (Å²) < 4.78 is 1.82. The molecule has 0 aromatic carbocycles. The van der Waals surface area contributed by atoms with E-state index in [0.717, 1.165) is 29.4 Å². The Balaban J connectivity index is 2.31. The Morgan fingerprint density at radius 1 is 1.53 bits per heavy atom. The molecule has 0 aliphatic carbocycles. The predicted molar refractivity (Wildman–Crippen MR) is 74.3 cm³/mol. The number of nitrogens with zero attached hydrogens (tertiary/aromatic N) is 3. The number of H-pyrrole nitrogens is 1. The van der Waals surface area contributed by atoms with Crippen molar-refractivity contribution in [2.75, 3.05) is 6.54 Å². The third kappa shape index (κ3) is 3.24. The summed E-state index contributed by atoms with van der Waals surface area (Å²) >= 11 is 1.42. The molecule has 0 spiro atoms. The molecule has 7 heteroatoms. The highest BCUT2D eigenvalue weighted by atomic mass is 32.2. The zero-order valence-corrected chi connectivity index (χ0v) is 12.0. The molecule has 6 nitrogen and oxygen atoms in total. The van der Waals surface area contributed by atoms with Gasteiger partial charge in [-0.1, -0.05) is 6.92 Å². The van der Waals surface area contributed by atoms with Gasteiger partial charge >= 0.3 is 0 Å². The van der Waals surface area contributed by atoms with E-state index in [1.807, 2.05) is 18.7 Å². The van der Waals surface area contributed by atoms with Gasteiger partial charge in [-0.2, -0.15) is 5.10 Å². The first-order valence-corrected chi connectivity index (χ1v) is 6.89. The zero-order valence-electron chi connectivity index (χ0n) is 11.2. The lowest BCUT2D eigenvalue weighted by Gasteiger charge is -2.06. The standard InChI is InChI=1S/C12H17N5OS/c1-4-13-7-9-8(2)16-17(3)11(9)19-12-14-6-5-10(18)15-12/h5-6,13H,4,7H2,1-3H3,(H,14,15,18). The van der Waals surface area contributed by atoms with Crippen molar-refractivity contribution in [2.24, 2.45) is 7.05 Å². The molecule has 0 bridgehead atoms. The number of hydrogen-bond acceptors (Lipinski definition) is 5. The Hall–Kier alpha value is -1.60. The zero-order chi connectivity index (χ0) is 13.8. The Bertz CT molecular complexity index is 619. The fourth-order valence-electron chi connectivity index (χ4n) is 1.76. The number of aromatic nitrogens is 4. The van der Waals surface area contributed by atoms with Crippen LogP contribution < -0.4 is 10.9 Å². The van der Waals surface area contributed by atoms with Crippen LogP contribution in [0.15, 0.2) is 27.2 Å². The van der Waals surface area contributed by atoms with Crippen LogP contribution in [0.3, 0.4) is 0 Å². The number of rotatable bonds is 5. The van der Waals surface area contributed by atoms with Gasteiger partial charge in [0.1, 0.15) is 5.03 Å². The maximum atomic E-state index is 11.3. The fourth-order valence-corrected chi connectivity index (χ4v) is 2.72. The average Bonchev–Trinajstić information content (AvgIpc) is 2.62. The SMILES string of the molecule is CCNCc1c(C)nn(C)c1Sc1nccc(=O)[nH]1. The van der Waals surface area contributed by atoms with Gasteiger partial charge in [0.2, 0.25) is 0 Å². The van der Waals surface area contributed by atoms with Crippen LogP contribution in [-0.2, 0) is 13.6 Å². The Labute approximate surface area is 115 Å². The molecular formula is C12H17N5OS. The van der Waals surface area contributed by atoms with Crippen LogP contribution in [0.25, 0.3) is 0 Å². The molecular weight excluding hydrogens is 262 g/mol. The van der Waals surface area contributed by atoms with Gasteiger partial charge in [0.05, 0.1) is 5.69 Å². The van der Waals surface area contributed by atoms with Crippen LogP contribution in [0, 0.1) is 6.92 Å². The summed E-state index contributed by atoms with van der Waals surface area (Å²) in [7, 11) is 1.89. The van der Waals surface area contributed by atoms with E-state index in [-0.39, 0.29) is 5.56 Å². The first-order valence-electron chi connectivity index (χ1n) is 6.08. The molecule has 0 amide bonds. The number of nitrogens with one attached hydrogen (secondary N) is 2. The van der Waals surface area contributed by atoms with Gasteiger partial charge in [0.15, 0.2) is 5.16 Å². The summed E-state index contributed by atoms with van der Waals surface area (Å²) in [5.74, 6) is 0. The Morgan fingerprint density at radius 2 is 2.32 bits per heavy atom. The van der Waals surface area contributed by atoms with Crippen molar-refractivity contribution in [1.82, 2.24) is 25.1 Å². The highest BCUT2D eigenvalue weighted by molar-refractivity contribution is 7.99. The number of aryl methyl sites for hydroxylation is 2. The highest BCUT2D eigenvalue weighted by Crippen LogP contribution is 2.28. The minimum atomic E-state index is -0.148. The number of hydrogen-bond donors (Lipinski definition) is 2. The first-order chi connectivity index (χ1) is 9.11. The van der Waals surface area contributed by atoms with Crippen molar-refractivity contribution in [1.29, 1.82) is 0 Å². The molecule has 0 fully saturated rings. The first kappa shape index (κ1) is 13.8. The molecule has 2 heterocycles. The second kappa shape index (κ2) is 6.03. The quantitative estimate of drug-likeness (QED) is 0.801. The summed E-state index contributed by atoms with van der Waals surface area (Å²) in [6, 6.07) is 1.40. The molecule has 2 N–H and O–H groups in total. The van der Waals surface area contributed by atoms with Crippen LogP contribution in [0.1, 0.15) is 18.2 Å². The molecule has 102 valence electrons. The van der Waals surface area contributed by atoms with Crippen molar-refractivity contribution in [3.05, 3.63) is 33.9 Å². The van der Waals surface area contributed by atoms with E-state index in [4.69, 9.17) is 0 Å². The van der Waals surface area contributed by atoms with Crippen molar-refractivity contribution in [2.45, 2.75) is 30.6 Å².